The molecular weight excluding hydrogens is 596 g/mol. The van der Waals surface area contributed by atoms with Crippen molar-refractivity contribution in [3.63, 3.8) is 0 Å². The predicted octanol–water partition coefficient (Wildman–Crippen LogP) is 2.43. The molecule has 1 aliphatic heterocycles. The van der Waals surface area contributed by atoms with E-state index in [4.69, 9.17) is 36.7 Å². The van der Waals surface area contributed by atoms with Gasteiger partial charge in [-0.3, -0.25) is 9.08 Å². The van der Waals surface area contributed by atoms with Gasteiger partial charge in [0, 0.05) is 48.9 Å². The number of nitrogens with zero attached hydrogens (tertiary/aromatic N) is 4. The molecule has 0 saturated carbocycles. The maximum Gasteiger partial charge on any atom is 0.333 e. The second kappa shape index (κ2) is 14.6. The van der Waals surface area contributed by atoms with Crippen LogP contribution < -0.4 is 20.5 Å². The van der Waals surface area contributed by atoms with Crippen LogP contribution in [-0.4, -0.2) is 89.0 Å². The van der Waals surface area contributed by atoms with Crippen molar-refractivity contribution in [2.75, 3.05) is 76.4 Å². The highest BCUT2D eigenvalue weighted by Crippen LogP contribution is 2.38. The van der Waals surface area contributed by atoms with Crippen LogP contribution in [0, 0.1) is 0 Å². The van der Waals surface area contributed by atoms with Crippen LogP contribution in [0.5, 0.6) is 5.75 Å². The largest absolute Gasteiger partial charge is 0.489 e. The summed E-state index contributed by atoms with van der Waals surface area (Å²) in [4.78, 5) is 14.0. The highest BCUT2D eigenvalue weighted by atomic mass is 35.5. The first-order chi connectivity index (χ1) is 20.7. The number of ether oxygens (including phenoxy) is 3. The zero-order chi connectivity index (χ0) is 30.2. The third-order valence-corrected chi connectivity index (χ3v) is 8.12. The maximum absolute atomic E-state index is 10.7. The number of fused-ring (bicyclic) bond motifs is 3. The number of aryl methyl sites for hydroxylation is 1. The highest BCUT2D eigenvalue weighted by molar-refractivity contribution is 7.84. The molecule has 12 nitrogen and oxygen atoms in total. The molecule has 43 heavy (non-hydrogen) atoms. The zero-order valence-electron chi connectivity index (χ0n) is 23.9. The first-order valence-corrected chi connectivity index (χ1v) is 16.1. The Morgan fingerprint density at radius 3 is 2.35 bits per heavy atom. The van der Waals surface area contributed by atoms with Crippen LogP contribution in [0.3, 0.4) is 0 Å². The third-order valence-electron chi connectivity index (χ3n) is 7.37. The molecule has 3 aromatic rings. The van der Waals surface area contributed by atoms with Crippen molar-refractivity contribution in [3.05, 3.63) is 64.2 Å². The van der Waals surface area contributed by atoms with Gasteiger partial charge in [-0.15, -0.1) is 0 Å². The Hall–Kier alpha value is -3.04. The van der Waals surface area contributed by atoms with Crippen LogP contribution in [-0.2, 0) is 43.4 Å². The van der Waals surface area contributed by atoms with Gasteiger partial charge in [0.1, 0.15) is 18.2 Å². The van der Waals surface area contributed by atoms with Crippen LogP contribution in [0.25, 0.3) is 11.3 Å². The van der Waals surface area contributed by atoms with Gasteiger partial charge in [-0.05, 0) is 54.3 Å². The SMILES string of the molecule is Nc1nc2c(c(N3CCN(CCOCCOCCOS(N)(=O)=O)CC3)n1)CCc1cc(OCc3ccc(Cl)cc3)ccc1-2. The standard InChI is InChI=1S/C29H37ClN6O6S/c30-23-4-1-21(2-5-23)20-41-24-6-8-25-22(19-24)3-7-26-27(25)33-29(31)34-28(26)36-11-9-35(10-12-36)13-14-39-15-16-40-17-18-42-43(32,37)38/h1-2,4-6,8,19H,3,7,9-18,20H2,(H2,31,33,34)(H2,32,37,38). The van der Waals surface area contributed by atoms with Gasteiger partial charge in [-0.2, -0.15) is 13.4 Å². The molecule has 0 unspecified atom stereocenters. The molecule has 0 atom stereocenters. The van der Waals surface area contributed by atoms with Gasteiger partial charge in [-0.1, -0.05) is 23.7 Å². The second-order valence-corrected chi connectivity index (χ2v) is 12.0. The first kappa shape index (κ1) is 31.4. The van der Waals surface area contributed by atoms with Gasteiger partial charge in [0.2, 0.25) is 5.95 Å². The Morgan fingerprint density at radius 1 is 0.884 bits per heavy atom. The molecule has 0 bridgehead atoms. The molecular formula is C29H37ClN6O6S. The summed E-state index contributed by atoms with van der Waals surface area (Å²) in [6.45, 7) is 6.08. The number of piperazine rings is 1. The molecule has 4 N–H and O–H groups in total. The molecule has 14 heteroatoms. The van der Waals surface area contributed by atoms with E-state index in [1.54, 1.807) is 0 Å². The summed E-state index contributed by atoms with van der Waals surface area (Å²) in [5.74, 6) is 2.02. The molecule has 1 saturated heterocycles. The average Bonchev–Trinajstić information content (AvgIpc) is 2.99. The quantitative estimate of drug-likeness (QED) is 0.252. The maximum atomic E-state index is 10.7. The molecule has 1 aromatic heterocycles. The van der Waals surface area contributed by atoms with E-state index >= 15 is 0 Å². The lowest BCUT2D eigenvalue weighted by Crippen LogP contribution is -2.48. The van der Waals surface area contributed by atoms with E-state index in [9.17, 15) is 8.42 Å². The predicted molar refractivity (Wildman–Crippen MR) is 164 cm³/mol. The number of rotatable bonds is 14. The molecule has 1 fully saturated rings. The second-order valence-electron chi connectivity index (χ2n) is 10.3. The van der Waals surface area contributed by atoms with Crippen LogP contribution in [0.2, 0.25) is 5.02 Å². The van der Waals surface area contributed by atoms with E-state index in [2.05, 4.69) is 36.1 Å². The number of benzene rings is 2. The monoisotopic (exact) mass is 632 g/mol. The minimum absolute atomic E-state index is 0.113. The summed E-state index contributed by atoms with van der Waals surface area (Å²) in [5.41, 5.74) is 11.6. The lowest BCUT2D eigenvalue weighted by molar-refractivity contribution is 0.0294. The van der Waals surface area contributed by atoms with E-state index in [0.29, 0.717) is 31.5 Å². The van der Waals surface area contributed by atoms with Crippen molar-refractivity contribution in [2.24, 2.45) is 5.14 Å². The van der Waals surface area contributed by atoms with Crippen molar-refractivity contribution >= 4 is 33.7 Å². The number of aromatic nitrogens is 2. The minimum atomic E-state index is -3.93. The molecule has 1 aliphatic carbocycles. The highest BCUT2D eigenvalue weighted by Gasteiger charge is 2.27. The van der Waals surface area contributed by atoms with Gasteiger partial charge < -0.3 is 24.8 Å². The van der Waals surface area contributed by atoms with E-state index < -0.39 is 10.3 Å². The van der Waals surface area contributed by atoms with Crippen LogP contribution in [0.4, 0.5) is 11.8 Å². The first-order valence-electron chi connectivity index (χ1n) is 14.2. The number of halogens is 1. The minimum Gasteiger partial charge on any atom is -0.489 e. The van der Waals surface area contributed by atoms with Crippen molar-refractivity contribution < 1.29 is 26.8 Å². The van der Waals surface area contributed by atoms with Crippen molar-refractivity contribution in [1.82, 2.24) is 14.9 Å². The van der Waals surface area contributed by atoms with E-state index in [0.717, 1.165) is 79.5 Å². The topological polar surface area (TPSA) is 155 Å². The van der Waals surface area contributed by atoms with Gasteiger partial charge in [-0.25, -0.2) is 10.1 Å². The normalized spacial score (nSPS) is 15.3. The van der Waals surface area contributed by atoms with Gasteiger partial charge in [0.15, 0.2) is 0 Å². The molecule has 2 aromatic carbocycles. The van der Waals surface area contributed by atoms with Gasteiger partial charge >= 0.3 is 10.3 Å². The average molecular weight is 633 g/mol. The zero-order valence-corrected chi connectivity index (χ0v) is 25.5. The Morgan fingerprint density at radius 2 is 1.60 bits per heavy atom. The lowest BCUT2D eigenvalue weighted by Gasteiger charge is -2.37. The summed E-state index contributed by atoms with van der Waals surface area (Å²) in [6, 6.07) is 13.8. The van der Waals surface area contributed by atoms with Crippen molar-refractivity contribution in [2.45, 2.75) is 19.4 Å². The molecule has 5 rings (SSSR count). The van der Waals surface area contributed by atoms with Crippen LogP contribution in [0.1, 0.15) is 16.7 Å². The van der Waals surface area contributed by atoms with Gasteiger partial charge in [0.05, 0.1) is 38.7 Å². The summed E-state index contributed by atoms with van der Waals surface area (Å²) >= 11 is 5.99. The fourth-order valence-electron chi connectivity index (χ4n) is 5.22. The summed E-state index contributed by atoms with van der Waals surface area (Å²) in [5, 5.41) is 5.46. The Balaban J connectivity index is 1.10. The smallest absolute Gasteiger partial charge is 0.333 e. The fraction of sp³-hybridized carbons (Fsp3) is 0.448. The summed E-state index contributed by atoms with van der Waals surface area (Å²) < 4.78 is 42.8. The number of hydrogen-bond acceptors (Lipinski definition) is 11. The summed E-state index contributed by atoms with van der Waals surface area (Å²) in [6.07, 6.45) is 1.71. The Labute approximate surface area is 257 Å². The van der Waals surface area contributed by atoms with E-state index in [1.807, 2.05) is 30.3 Å². The Kier molecular flexibility index (Phi) is 10.7. The molecule has 0 amide bonds. The van der Waals surface area contributed by atoms with Gasteiger partial charge in [0.25, 0.3) is 0 Å². The fourth-order valence-corrected chi connectivity index (χ4v) is 5.64. The van der Waals surface area contributed by atoms with Crippen LogP contribution in [0.15, 0.2) is 42.5 Å². The molecule has 0 spiro atoms. The van der Waals surface area contributed by atoms with Crippen molar-refractivity contribution in [1.29, 1.82) is 0 Å². The molecule has 2 heterocycles. The number of nitrogen functional groups attached to an aromatic ring is 1. The summed E-state index contributed by atoms with van der Waals surface area (Å²) in [7, 11) is -3.93. The number of nitrogens with two attached hydrogens (primary N) is 2. The molecule has 2 aliphatic rings. The Bertz CT molecular complexity index is 1490. The van der Waals surface area contributed by atoms with E-state index in [1.165, 1.54) is 5.56 Å². The third kappa shape index (κ3) is 8.99. The number of anilines is 2. The molecule has 0 radical (unpaired) electrons. The van der Waals surface area contributed by atoms with Crippen LogP contribution >= 0.6 is 11.6 Å². The van der Waals surface area contributed by atoms with E-state index in [-0.39, 0.29) is 19.2 Å². The lowest BCUT2D eigenvalue weighted by atomic mass is 9.88. The number of hydrogen-bond donors (Lipinski definition) is 2. The molecule has 232 valence electrons. The van der Waals surface area contributed by atoms with Crippen molar-refractivity contribution in [3.8, 4) is 17.0 Å².